The van der Waals surface area contributed by atoms with Crippen LogP contribution in [0.2, 0.25) is 0 Å². The fourth-order valence-corrected chi connectivity index (χ4v) is 8.09. The van der Waals surface area contributed by atoms with E-state index in [-0.39, 0.29) is 29.8 Å². The highest BCUT2D eigenvalue weighted by atomic mass is 32.1. The normalized spacial score (nSPS) is 20.3. The van der Waals surface area contributed by atoms with Crippen molar-refractivity contribution < 1.29 is 9.90 Å². The lowest BCUT2D eigenvalue weighted by molar-refractivity contribution is -0.142. The average molecular weight is 637 g/mol. The van der Waals surface area contributed by atoms with Gasteiger partial charge in [0.2, 0.25) is 5.91 Å². The highest BCUT2D eigenvalue weighted by Gasteiger charge is 2.41. The summed E-state index contributed by atoms with van der Waals surface area (Å²) in [6.45, 7) is 7.70. The minimum Gasteiger partial charge on any atom is -0.388 e. The van der Waals surface area contributed by atoms with Crippen molar-refractivity contribution in [1.29, 1.82) is 0 Å². The fourth-order valence-electron chi connectivity index (χ4n) is 7.11. The van der Waals surface area contributed by atoms with E-state index >= 15 is 0 Å². The molecule has 2 saturated heterocycles. The van der Waals surface area contributed by atoms with Crippen molar-refractivity contribution in [3.8, 4) is 5.69 Å². The molecule has 10 heteroatoms. The third-order valence-electron chi connectivity index (χ3n) is 9.85. The van der Waals surface area contributed by atoms with Crippen LogP contribution in [0, 0.1) is 19.8 Å². The summed E-state index contributed by atoms with van der Waals surface area (Å²) in [4.78, 5) is 42.5. The molecule has 1 amide bonds. The number of aromatic nitrogens is 4. The molecule has 2 aliphatic heterocycles. The average Bonchev–Trinajstić information content (AvgIpc) is 3.65. The molecule has 0 spiro atoms. The summed E-state index contributed by atoms with van der Waals surface area (Å²) in [6.07, 6.45) is 4.99. The molecule has 5 aromatic rings. The van der Waals surface area contributed by atoms with Gasteiger partial charge in [0.1, 0.15) is 11.3 Å². The second-order valence-electron chi connectivity index (χ2n) is 12.9. The van der Waals surface area contributed by atoms with Crippen LogP contribution in [0.5, 0.6) is 0 Å². The molecule has 0 unspecified atom stereocenters. The SMILES string of the molecule is Cc1nc(CN2CC[C@@H](C(=O)N3CCC(O)(Cn4cnc5c(ccn5-c5ccccc5)c4=O)CC3)[C@H](c3ccccc3)C2)sc1C. The van der Waals surface area contributed by atoms with E-state index in [1.807, 2.05) is 52.1 Å². The van der Waals surface area contributed by atoms with Crippen molar-refractivity contribution in [2.24, 2.45) is 5.92 Å². The largest absolute Gasteiger partial charge is 0.388 e. The maximum Gasteiger partial charge on any atom is 0.262 e. The van der Waals surface area contributed by atoms with Gasteiger partial charge in [-0.05, 0) is 63.4 Å². The molecule has 1 N–H and O–H groups in total. The molecule has 46 heavy (non-hydrogen) atoms. The third kappa shape index (κ3) is 6.04. The molecule has 5 heterocycles. The predicted molar refractivity (Wildman–Crippen MR) is 180 cm³/mol. The summed E-state index contributed by atoms with van der Waals surface area (Å²) in [5, 5.41) is 13.2. The Morgan fingerprint density at radius 1 is 1.00 bits per heavy atom. The number of nitrogens with zero attached hydrogens (tertiary/aromatic N) is 6. The molecule has 7 rings (SSSR count). The lowest BCUT2D eigenvalue weighted by atomic mass is 9.79. The van der Waals surface area contributed by atoms with E-state index < -0.39 is 5.60 Å². The lowest BCUT2D eigenvalue weighted by Gasteiger charge is -2.43. The summed E-state index contributed by atoms with van der Waals surface area (Å²) in [6, 6.07) is 22.0. The number of para-hydroxylation sites is 1. The van der Waals surface area contributed by atoms with Crippen LogP contribution in [-0.4, -0.2) is 71.7 Å². The Morgan fingerprint density at radius 2 is 1.72 bits per heavy atom. The van der Waals surface area contributed by atoms with Gasteiger partial charge in [-0.25, -0.2) is 9.97 Å². The lowest BCUT2D eigenvalue weighted by Crippen LogP contribution is -2.53. The Labute approximate surface area is 272 Å². The van der Waals surface area contributed by atoms with Crippen LogP contribution in [0.25, 0.3) is 16.7 Å². The Balaban J connectivity index is 1.03. The van der Waals surface area contributed by atoms with Gasteiger partial charge >= 0.3 is 0 Å². The molecule has 2 atom stereocenters. The number of aliphatic hydroxyl groups is 1. The number of likely N-dealkylation sites (tertiary alicyclic amines) is 2. The van der Waals surface area contributed by atoms with E-state index in [1.54, 1.807) is 17.4 Å². The van der Waals surface area contributed by atoms with Crippen LogP contribution in [0.15, 0.2) is 84.0 Å². The number of rotatable bonds is 7. The Hall–Kier alpha value is -4.12. The first-order valence-electron chi connectivity index (χ1n) is 16.1. The van der Waals surface area contributed by atoms with Gasteiger partial charge in [0.05, 0.1) is 29.8 Å². The first kappa shape index (κ1) is 30.5. The fraction of sp³-hybridized carbons (Fsp3) is 0.389. The molecule has 2 fully saturated rings. The summed E-state index contributed by atoms with van der Waals surface area (Å²) < 4.78 is 3.41. The van der Waals surface area contributed by atoms with Gasteiger partial charge in [-0.1, -0.05) is 48.5 Å². The molecule has 2 aromatic carbocycles. The van der Waals surface area contributed by atoms with Crippen LogP contribution < -0.4 is 5.56 Å². The smallest absolute Gasteiger partial charge is 0.262 e. The number of benzene rings is 2. The zero-order chi connectivity index (χ0) is 31.8. The Kier molecular flexibility index (Phi) is 8.35. The van der Waals surface area contributed by atoms with Gasteiger partial charge < -0.3 is 14.6 Å². The standard InChI is InChI=1S/C36H40N6O3S/c1-25-26(2)46-32(38-25)22-39-17-13-29(31(21-39)27-9-5-3-6-10-27)34(43)40-19-15-36(45,16-20-40)23-41-24-37-33-30(35(41)44)14-18-42(33)28-11-7-4-8-12-28/h3-12,14,18,24,29,31,45H,13,15-17,19-23H2,1-2H3/t29-,31+/m1/s1. The van der Waals surface area contributed by atoms with E-state index in [0.29, 0.717) is 37.0 Å². The molecule has 9 nitrogen and oxygen atoms in total. The molecule has 238 valence electrons. The van der Waals surface area contributed by atoms with Gasteiger partial charge in [-0.2, -0.15) is 0 Å². The second-order valence-corrected chi connectivity index (χ2v) is 14.2. The van der Waals surface area contributed by atoms with Crippen molar-refractivity contribution in [3.05, 3.63) is 111 Å². The van der Waals surface area contributed by atoms with Crippen molar-refractivity contribution in [1.82, 2.24) is 28.9 Å². The summed E-state index contributed by atoms with van der Waals surface area (Å²) in [7, 11) is 0. The number of carbonyl (C=O) groups is 1. The predicted octanol–water partition coefficient (Wildman–Crippen LogP) is 4.92. The van der Waals surface area contributed by atoms with Crippen LogP contribution in [-0.2, 0) is 17.9 Å². The maximum atomic E-state index is 14.1. The maximum absolute atomic E-state index is 14.1. The van der Waals surface area contributed by atoms with E-state index in [0.717, 1.165) is 42.4 Å². The van der Waals surface area contributed by atoms with Crippen molar-refractivity contribution in [2.45, 2.75) is 57.7 Å². The Bertz CT molecular complexity index is 1870. The topological polar surface area (TPSA) is 96.5 Å². The number of hydrogen-bond acceptors (Lipinski definition) is 7. The van der Waals surface area contributed by atoms with Crippen LogP contribution in [0.3, 0.4) is 0 Å². The van der Waals surface area contributed by atoms with Crippen LogP contribution in [0.4, 0.5) is 0 Å². The highest BCUT2D eigenvalue weighted by Crippen LogP contribution is 2.36. The van der Waals surface area contributed by atoms with E-state index in [2.05, 4.69) is 48.0 Å². The number of carbonyl (C=O) groups excluding carboxylic acids is 1. The zero-order valence-electron chi connectivity index (χ0n) is 26.4. The number of amides is 1. The van der Waals surface area contributed by atoms with Gasteiger partial charge in [-0.15, -0.1) is 11.3 Å². The van der Waals surface area contributed by atoms with Gasteiger partial charge in [0, 0.05) is 48.2 Å². The molecular formula is C36H40N6O3S. The zero-order valence-corrected chi connectivity index (χ0v) is 27.2. The number of hydrogen-bond donors (Lipinski definition) is 1. The monoisotopic (exact) mass is 636 g/mol. The minimum atomic E-state index is -1.09. The molecule has 3 aromatic heterocycles. The first-order valence-corrected chi connectivity index (χ1v) is 16.9. The summed E-state index contributed by atoms with van der Waals surface area (Å²) >= 11 is 1.76. The van der Waals surface area contributed by atoms with E-state index in [1.165, 1.54) is 21.3 Å². The van der Waals surface area contributed by atoms with Crippen LogP contribution in [0.1, 0.15) is 46.3 Å². The quantitative estimate of drug-likeness (QED) is 0.273. The first-order chi connectivity index (χ1) is 22.3. The number of thiazole rings is 1. The van der Waals surface area contributed by atoms with Gasteiger partial charge in [0.15, 0.2) is 5.65 Å². The van der Waals surface area contributed by atoms with Gasteiger partial charge in [-0.3, -0.25) is 19.1 Å². The van der Waals surface area contributed by atoms with E-state index in [9.17, 15) is 14.7 Å². The summed E-state index contributed by atoms with van der Waals surface area (Å²) in [5.41, 5.74) is 2.54. The molecule has 0 bridgehead atoms. The van der Waals surface area contributed by atoms with Crippen molar-refractivity contribution in [3.63, 3.8) is 0 Å². The summed E-state index contributed by atoms with van der Waals surface area (Å²) in [5.74, 6) is 0.136. The van der Waals surface area contributed by atoms with E-state index in [4.69, 9.17) is 4.98 Å². The number of fused-ring (bicyclic) bond motifs is 1. The second kappa shape index (κ2) is 12.6. The highest BCUT2D eigenvalue weighted by molar-refractivity contribution is 7.11. The van der Waals surface area contributed by atoms with Crippen molar-refractivity contribution in [2.75, 3.05) is 26.2 Å². The third-order valence-corrected chi connectivity index (χ3v) is 10.9. The number of aryl methyl sites for hydroxylation is 2. The molecule has 0 radical (unpaired) electrons. The molecular weight excluding hydrogens is 597 g/mol. The molecule has 0 saturated carbocycles. The number of piperidine rings is 2. The molecule has 2 aliphatic rings. The van der Waals surface area contributed by atoms with Crippen LogP contribution >= 0.6 is 11.3 Å². The minimum absolute atomic E-state index is 0.0880. The Morgan fingerprint density at radius 3 is 2.41 bits per heavy atom. The van der Waals surface area contributed by atoms with Crippen molar-refractivity contribution >= 4 is 28.3 Å². The van der Waals surface area contributed by atoms with Gasteiger partial charge in [0.25, 0.3) is 5.56 Å². The molecule has 0 aliphatic carbocycles.